The van der Waals surface area contributed by atoms with Crippen LogP contribution in [-0.2, 0) is 13.1 Å². The smallest absolute Gasteiger partial charge is 0.322 e. The number of nitrogens with one attached hydrogen (secondary N) is 1. The summed E-state index contributed by atoms with van der Waals surface area (Å²) >= 11 is 0. The predicted octanol–water partition coefficient (Wildman–Crippen LogP) is 1.90. The van der Waals surface area contributed by atoms with E-state index in [0.29, 0.717) is 30.2 Å². The van der Waals surface area contributed by atoms with Gasteiger partial charge in [-0.25, -0.2) is 9.78 Å². The number of hydrogen-bond donors (Lipinski definition) is 1. The number of fused-ring (bicyclic) bond motifs is 1. The number of aromatic amines is 1. The van der Waals surface area contributed by atoms with Gasteiger partial charge in [0.15, 0.2) is 11.2 Å². The zero-order valence-electron chi connectivity index (χ0n) is 13.6. The van der Waals surface area contributed by atoms with E-state index in [1.807, 2.05) is 25.3 Å². The van der Waals surface area contributed by atoms with Gasteiger partial charge in [-0.1, -0.05) is 34.6 Å². The molecule has 6 nitrogen and oxygen atoms in total. The first-order valence-electron chi connectivity index (χ1n) is 7.30. The Bertz CT molecular complexity index is 772. The Balaban J connectivity index is 2.78. The minimum atomic E-state index is -0.387. The lowest BCUT2D eigenvalue weighted by Gasteiger charge is -2.20. The molecule has 2 heterocycles. The second-order valence-electron chi connectivity index (χ2n) is 7.24. The summed E-state index contributed by atoms with van der Waals surface area (Å²) < 4.78 is 3.47. The van der Waals surface area contributed by atoms with Gasteiger partial charge >= 0.3 is 5.69 Å². The van der Waals surface area contributed by atoms with Crippen molar-refractivity contribution in [2.45, 2.75) is 54.6 Å². The van der Waals surface area contributed by atoms with Crippen LogP contribution in [0.15, 0.2) is 9.59 Å². The summed E-state index contributed by atoms with van der Waals surface area (Å²) in [5.74, 6) is 1.05. The average Bonchev–Trinajstić information content (AvgIpc) is 2.60. The molecule has 0 amide bonds. The number of aryl methyl sites for hydroxylation is 1. The van der Waals surface area contributed by atoms with Crippen molar-refractivity contribution in [2.24, 2.45) is 11.3 Å². The van der Waals surface area contributed by atoms with Gasteiger partial charge in [0.05, 0.1) is 0 Å². The fourth-order valence-corrected chi connectivity index (χ4v) is 2.48. The SMILES string of the molecule is Cc1nc2c(c(=O)[nH]c(=O)n2CC(C)C)n1CC(C)(C)C. The van der Waals surface area contributed by atoms with Crippen molar-refractivity contribution in [3.05, 3.63) is 26.7 Å². The van der Waals surface area contributed by atoms with Crippen molar-refractivity contribution >= 4 is 11.2 Å². The van der Waals surface area contributed by atoms with E-state index >= 15 is 0 Å². The highest BCUT2D eigenvalue weighted by atomic mass is 16.2. The van der Waals surface area contributed by atoms with Gasteiger partial charge in [0.2, 0.25) is 0 Å². The van der Waals surface area contributed by atoms with Gasteiger partial charge in [0.1, 0.15) is 5.82 Å². The summed E-state index contributed by atoms with van der Waals surface area (Å²) in [6.07, 6.45) is 0. The number of rotatable bonds is 3. The fraction of sp³-hybridized carbons (Fsp3) is 0.667. The van der Waals surface area contributed by atoms with E-state index in [9.17, 15) is 9.59 Å². The largest absolute Gasteiger partial charge is 0.330 e. The summed E-state index contributed by atoms with van der Waals surface area (Å²) in [5, 5.41) is 0. The Kier molecular flexibility index (Phi) is 3.82. The highest BCUT2D eigenvalue weighted by Gasteiger charge is 2.20. The van der Waals surface area contributed by atoms with Crippen LogP contribution in [-0.4, -0.2) is 19.1 Å². The molecule has 0 spiro atoms. The van der Waals surface area contributed by atoms with Crippen molar-refractivity contribution in [2.75, 3.05) is 0 Å². The van der Waals surface area contributed by atoms with Crippen LogP contribution in [0.5, 0.6) is 0 Å². The Morgan fingerprint density at radius 3 is 2.33 bits per heavy atom. The third kappa shape index (κ3) is 3.09. The summed E-state index contributed by atoms with van der Waals surface area (Å²) in [7, 11) is 0. The Morgan fingerprint density at radius 2 is 1.81 bits per heavy atom. The van der Waals surface area contributed by atoms with Crippen LogP contribution in [0.25, 0.3) is 11.2 Å². The van der Waals surface area contributed by atoms with Crippen molar-refractivity contribution in [1.82, 2.24) is 19.1 Å². The zero-order valence-corrected chi connectivity index (χ0v) is 13.6. The van der Waals surface area contributed by atoms with E-state index in [-0.39, 0.29) is 16.7 Å². The summed E-state index contributed by atoms with van der Waals surface area (Å²) in [5.41, 5.74) is 0.243. The second kappa shape index (κ2) is 5.16. The number of hydrogen-bond acceptors (Lipinski definition) is 3. The molecule has 0 radical (unpaired) electrons. The van der Waals surface area contributed by atoms with Crippen LogP contribution in [0.3, 0.4) is 0 Å². The lowest BCUT2D eigenvalue weighted by Crippen LogP contribution is -2.32. The van der Waals surface area contributed by atoms with E-state index in [2.05, 4.69) is 30.7 Å². The van der Waals surface area contributed by atoms with Gasteiger partial charge in [-0.15, -0.1) is 0 Å². The minimum Gasteiger partial charge on any atom is -0.322 e. The number of aromatic nitrogens is 4. The fourth-order valence-electron chi connectivity index (χ4n) is 2.48. The Labute approximate surface area is 123 Å². The molecular formula is C15H24N4O2. The molecule has 0 aromatic carbocycles. The summed E-state index contributed by atoms with van der Waals surface area (Å²) in [6, 6.07) is 0. The topological polar surface area (TPSA) is 72.7 Å². The third-order valence-corrected chi connectivity index (χ3v) is 3.26. The molecule has 0 bridgehead atoms. The van der Waals surface area contributed by atoms with E-state index in [0.717, 1.165) is 5.82 Å². The molecule has 0 fully saturated rings. The van der Waals surface area contributed by atoms with Gasteiger partial charge in [-0.3, -0.25) is 14.3 Å². The van der Waals surface area contributed by atoms with Crippen LogP contribution in [0.1, 0.15) is 40.4 Å². The molecule has 1 N–H and O–H groups in total. The highest BCUT2D eigenvalue weighted by molar-refractivity contribution is 5.70. The van der Waals surface area contributed by atoms with Crippen LogP contribution < -0.4 is 11.2 Å². The molecule has 0 atom stereocenters. The van der Waals surface area contributed by atoms with E-state index in [4.69, 9.17) is 0 Å². The molecule has 2 aromatic rings. The van der Waals surface area contributed by atoms with Crippen LogP contribution in [0.2, 0.25) is 0 Å². The molecule has 0 aliphatic heterocycles. The summed E-state index contributed by atoms with van der Waals surface area (Å²) in [6.45, 7) is 13.5. The van der Waals surface area contributed by atoms with Gasteiger partial charge in [-0.2, -0.15) is 0 Å². The quantitative estimate of drug-likeness (QED) is 0.939. The minimum absolute atomic E-state index is 0.0177. The maximum Gasteiger partial charge on any atom is 0.330 e. The van der Waals surface area contributed by atoms with E-state index in [1.165, 1.54) is 0 Å². The monoisotopic (exact) mass is 292 g/mol. The number of H-pyrrole nitrogens is 1. The Hall–Kier alpha value is -1.85. The van der Waals surface area contributed by atoms with Crippen LogP contribution >= 0.6 is 0 Å². The van der Waals surface area contributed by atoms with Crippen LogP contribution in [0.4, 0.5) is 0 Å². The molecular weight excluding hydrogens is 268 g/mol. The van der Waals surface area contributed by atoms with Crippen molar-refractivity contribution < 1.29 is 0 Å². The molecule has 0 saturated carbocycles. The van der Waals surface area contributed by atoms with Crippen molar-refractivity contribution in [1.29, 1.82) is 0 Å². The van der Waals surface area contributed by atoms with Crippen molar-refractivity contribution in [3.8, 4) is 0 Å². The molecule has 0 saturated heterocycles. The maximum atomic E-state index is 12.2. The Morgan fingerprint density at radius 1 is 1.19 bits per heavy atom. The van der Waals surface area contributed by atoms with Gasteiger partial charge < -0.3 is 4.57 Å². The predicted molar refractivity (Wildman–Crippen MR) is 83.6 cm³/mol. The van der Waals surface area contributed by atoms with Gasteiger partial charge in [-0.05, 0) is 18.3 Å². The third-order valence-electron chi connectivity index (χ3n) is 3.26. The molecule has 2 aromatic heterocycles. The first-order chi connectivity index (χ1) is 9.60. The zero-order chi connectivity index (χ0) is 15.9. The first-order valence-corrected chi connectivity index (χ1v) is 7.30. The normalized spacial score (nSPS) is 12.5. The lowest BCUT2D eigenvalue weighted by atomic mass is 9.97. The standard InChI is InChI=1S/C15H24N4O2/c1-9(2)7-18-12-11(13(20)17-14(18)21)19(10(3)16-12)8-15(4,5)6/h9H,7-8H2,1-6H3,(H,17,20,21). The molecule has 0 aliphatic rings. The van der Waals surface area contributed by atoms with Gasteiger partial charge in [0.25, 0.3) is 5.56 Å². The van der Waals surface area contributed by atoms with Gasteiger partial charge in [0, 0.05) is 13.1 Å². The lowest BCUT2D eigenvalue weighted by molar-refractivity contribution is 0.344. The number of nitrogens with zero attached hydrogens (tertiary/aromatic N) is 3. The molecule has 21 heavy (non-hydrogen) atoms. The molecule has 6 heteroatoms. The summed E-state index contributed by atoms with van der Waals surface area (Å²) in [4.78, 5) is 31.2. The van der Waals surface area contributed by atoms with Crippen LogP contribution in [0, 0.1) is 18.3 Å². The molecule has 116 valence electrons. The second-order valence-corrected chi connectivity index (χ2v) is 7.24. The molecule has 2 rings (SSSR count). The molecule has 0 aliphatic carbocycles. The maximum absolute atomic E-state index is 12.2. The number of imidazole rings is 1. The first kappa shape index (κ1) is 15.5. The van der Waals surface area contributed by atoms with Crippen molar-refractivity contribution in [3.63, 3.8) is 0 Å². The van der Waals surface area contributed by atoms with E-state index < -0.39 is 0 Å². The van der Waals surface area contributed by atoms with E-state index in [1.54, 1.807) is 4.57 Å². The average molecular weight is 292 g/mol. The highest BCUT2D eigenvalue weighted by Crippen LogP contribution is 2.20. The molecule has 0 unspecified atom stereocenters.